The van der Waals surface area contributed by atoms with E-state index in [9.17, 15) is 14.7 Å². The molecule has 2 rings (SSSR count). The van der Waals surface area contributed by atoms with E-state index in [4.69, 9.17) is 4.74 Å². The summed E-state index contributed by atoms with van der Waals surface area (Å²) in [6, 6.07) is 6.98. The number of urea groups is 1. The Balaban J connectivity index is 1.93. The van der Waals surface area contributed by atoms with Gasteiger partial charge in [0, 0.05) is 0 Å². The van der Waals surface area contributed by atoms with E-state index >= 15 is 0 Å². The van der Waals surface area contributed by atoms with Gasteiger partial charge in [0.25, 0.3) is 5.91 Å². The second-order valence-electron chi connectivity index (χ2n) is 6.04. The summed E-state index contributed by atoms with van der Waals surface area (Å²) >= 11 is 0. The Bertz CT molecular complexity index is 612. The number of benzene rings is 1. The number of β-amino-alcohol motifs (C(OH)–C–C–N with tert-alkyl or cyclic N) is 1. The average molecular weight is 318 g/mol. The summed E-state index contributed by atoms with van der Waals surface area (Å²) in [4.78, 5) is 24.9. The van der Waals surface area contributed by atoms with Crippen molar-refractivity contribution in [3.8, 4) is 5.75 Å². The second-order valence-corrected chi connectivity index (χ2v) is 6.04. The summed E-state index contributed by atoms with van der Waals surface area (Å²) in [6.07, 6.45) is 1.47. The van der Waals surface area contributed by atoms with Gasteiger partial charge in [-0.1, -0.05) is 24.3 Å². The van der Waals surface area contributed by atoms with Gasteiger partial charge in [-0.25, -0.2) is 4.79 Å². The highest BCUT2D eigenvalue weighted by Gasteiger charge is 2.44. The standard InChI is InChI=1S/C17H22N2O4/c1-4-7-12-8-5-6-9-14(12)23-11-13(20)10-19-15(21)17(2,3)18-16(19)22/h4-6,8-9,13,20H,1,7,10-11H2,2-3H3,(H,18,22)/t13-/m1/s1. The van der Waals surface area contributed by atoms with E-state index in [1.807, 2.05) is 24.3 Å². The molecule has 3 amide bonds. The van der Waals surface area contributed by atoms with E-state index in [0.29, 0.717) is 12.2 Å². The van der Waals surface area contributed by atoms with Crippen LogP contribution in [0.25, 0.3) is 0 Å². The van der Waals surface area contributed by atoms with Crippen molar-refractivity contribution in [1.29, 1.82) is 0 Å². The van der Waals surface area contributed by atoms with Crippen LogP contribution in [0.5, 0.6) is 5.75 Å². The van der Waals surface area contributed by atoms with Crippen molar-refractivity contribution in [3.05, 3.63) is 42.5 Å². The Morgan fingerprint density at radius 2 is 2.09 bits per heavy atom. The Morgan fingerprint density at radius 1 is 1.39 bits per heavy atom. The molecule has 0 spiro atoms. The van der Waals surface area contributed by atoms with Crippen molar-refractivity contribution in [1.82, 2.24) is 10.2 Å². The molecule has 6 heteroatoms. The number of rotatable bonds is 7. The summed E-state index contributed by atoms with van der Waals surface area (Å²) in [5.74, 6) is 0.303. The second kappa shape index (κ2) is 6.83. The molecule has 1 fully saturated rings. The molecule has 1 aliphatic heterocycles. The first kappa shape index (κ1) is 17.0. The average Bonchev–Trinajstić information content (AvgIpc) is 2.69. The third-order valence-corrected chi connectivity index (χ3v) is 3.61. The molecule has 23 heavy (non-hydrogen) atoms. The lowest BCUT2D eigenvalue weighted by Crippen LogP contribution is -2.42. The van der Waals surface area contributed by atoms with Crippen LogP contribution in [0.2, 0.25) is 0 Å². The van der Waals surface area contributed by atoms with E-state index in [0.717, 1.165) is 10.5 Å². The Labute approximate surface area is 135 Å². The van der Waals surface area contributed by atoms with Gasteiger partial charge < -0.3 is 15.2 Å². The predicted molar refractivity (Wildman–Crippen MR) is 86.2 cm³/mol. The predicted octanol–water partition coefficient (Wildman–Crippen LogP) is 1.49. The molecule has 0 aromatic heterocycles. The fourth-order valence-corrected chi connectivity index (χ4v) is 2.40. The van der Waals surface area contributed by atoms with Crippen molar-refractivity contribution in [2.24, 2.45) is 0 Å². The lowest BCUT2D eigenvalue weighted by molar-refractivity contribution is -0.131. The number of aliphatic hydroxyl groups excluding tert-OH is 1. The molecule has 1 aromatic rings. The molecule has 1 aromatic carbocycles. The summed E-state index contributed by atoms with van der Waals surface area (Å²) in [6.45, 7) is 6.84. The van der Waals surface area contributed by atoms with E-state index in [1.54, 1.807) is 19.9 Å². The Kier molecular flexibility index (Phi) is 5.05. The molecule has 0 bridgehead atoms. The molecular weight excluding hydrogens is 296 g/mol. The topological polar surface area (TPSA) is 78.9 Å². The number of carbonyl (C=O) groups is 2. The summed E-state index contributed by atoms with van der Waals surface area (Å²) in [7, 11) is 0. The number of nitrogens with one attached hydrogen (secondary N) is 1. The number of nitrogens with zero attached hydrogens (tertiary/aromatic N) is 1. The number of imide groups is 1. The highest BCUT2D eigenvalue weighted by molar-refractivity contribution is 6.06. The van der Waals surface area contributed by atoms with Gasteiger partial charge in [0.05, 0.1) is 6.54 Å². The molecule has 124 valence electrons. The van der Waals surface area contributed by atoms with Crippen LogP contribution in [-0.4, -0.2) is 46.7 Å². The maximum atomic E-state index is 12.1. The maximum Gasteiger partial charge on any atom is 0.325 e. The SMILES string of the molecule is C=CCc1ccccc1OC[C@H](O)CN1C(=O)NC(C)(C)C1=O. The number of allylic oxidation sites excluding steroid dienone is 1. The lowest BCUT2D eigenvalue weighted by Gasteiger charge is -2.20. The van der Waals surface area contributed by atoms with E-state index in [1.165, 1.54) is 0 Å². The Hall–Kier alpha value is -2.34. The van der Waals surface area contributed by atoms with Gasteiger partial charge in [0.2, 0.25) is 0 Å². The molecule has 2 N–H and O–H groups in total. The fourth-order valence-electron chi connectivity index (χ4n) is 2.40. The van der Waals surface area contributed by atoms with Crippen molar-refractivity contribution < 1.29 is 19.4 Å². The van der Waals surface area contributed by atoms with Gasteiger partial charge in [-0.3, -0.25) is 9.69 Å². The van der Waals surface area contributed by atoms with Crippen molar-refractivity contribution in [2.75, 3.05) is 13.2 Å². The number of amides is 3. The maximum absolute atomic E-state index is 12.1. The molecule has 6 nitrogen and oxygen atoms in total. The quantitative estimate of drug-likeness (QED) is 0.590. The highest BCUT2D eigenvalue weighted by Crippen LogP contribution is 2.20. The van der Waals surface area contributed by atoms with E-state index in [-0.39, 0.29) is 19.1 Å². The van der Waals surface area contributed by atoms with Gasteiger partial charge >= 0.3 is 6.03 Å². The largest absolute Gasteiger partial charge is 0.491 e. The number of aliphatic hydroxyl groups is 1. The van der Waals surface area contributed by atoms with Crippen molar-refractivity contribution >= 4 is 11.9 Å². The van der Waals surface area contributed by atoms with Crippen molar-refractivity contribution in [3.63, 3.8) is 0 Å². The minimum absolute atomic E-state index is 0.00829. The summed E-state index contributed by atoms with van der Waals surface area (Å²) < 4.78 is 5.62. The first-order valence-electron chi connectivity index (χ1n) is 7.49. The van der Waals surface area contributed by atoms with Crippen LogP contribution in [-0.2, 0) is 11.2 Å². The van der Waals surface area contributed by atoms with Crippen LogP contribution in [0.4, 0.5) is 4.79 Å². The van der Waals surface area contributed by atoms with Gasteiger partial charge in [-0.2, -0.15) is 0 Å². The van der Waals surface area contributed by atoms with Crippen LogP contribution in [0.3, 0.4) is 0 Å². The normalized spacial score (nSPS) is 17.8. The van der Waals surface area contributed by atoms with Crippen LogP contribution in [0, 0.1) is 0 Å². The summed E-state index contributed by atoms with van der Waals surface area (Å²) in [5.41, 5.74) is 0.0274. The van der Waals surface area contributed by atoms with Crippen LogP contribution >= 0.6 is 0 Å². The minimum Gasteiger partial charge on any atom is -0.491 e. The number of hydrogen-bond acceptors (Lipinski definition) is 4. The van der Waals surface area contributed by atoms with E-state index < -0.39 is 17.7 Å². The molecule has 1 aliphatic rings. The smallest absolute Gasteiger partial charge is 0.325 e. The zero-order chi connectivity index (χ0) is 17.0. The van der Waals surface area contributed by atoms with Crippen LogP contribution < -0.4 is 10.1 Å². The van der Waals surface area contributed by atoms with Gasteiger partial charge in [-0.15, -0.1) is 6.58 Å². The zero-order valence-corrected chi connectivity index (χ0v) is 13.4. The van der Waals surface area contributed by atoms with Crippen LogP contribution in [0.1, 0.15) is 19.4 Å². The third-order valence-electron chi connectivity index (χ3n) is 3.61. The Morgan fingerprint density at radius 3 is 2.70 bits per heavy atom. The summed E-state index contributed by atoms with van der Waals surface area (Å²) in [5, 5.41) is 12.7. The molecule has 0 saturated carbocycles. The molecule has 0 radical (unpaired) electrons. The van der Waals surface area contributed by atoms with Gasteiger partial charge in [0.15, 0.2) is 0 Å². The molecular formula is C17H22N2O4. The number of ether oxygens (including phenoxy) is 1. The minimum atomic E-state index is -0.963. The van der Waals surface area contributed by atoms with Crippen LogP contribution in [0.15, 0.2) is 36.9 Å². The van der Waals surface area contributed by atoms with Gasteiger partial charge in [-0.05, 0) is 31.9 Å². The zero-order valence-electron chi connectivity index (χ0n) is 13.4. The number of hydrogen-bond donors (Lipinski definition) is 2. The molecule has 0 aliphatic carbocycles. The third kappa shape index (κ3) is 3.90. The molecule has 0 unspecified atom stereocenters. The first-order chi connectivity index (χ1) is 10.8. The number of para-hydroxylation sites is 1. The monoisotopic (exact) mass is 318 g/mol. The van der Waals surface area contributed by atoms with Crippen molar-refractivity contribution in [2.45, 2.75) is 31.9 Å². The molecule has 1 atom stereocenters. The van der Waals surface area contributed by atoms with Gasteiger partial charge in [0.1, 0.15) is 24.0 Å². The lowest BCUT2D eigenvalue weighted by atomic mass is 10.1. The highest BCUT2D eigenvalue weighted by atomic mass is 16.5. The molecule has 1 saturated heterocycles. The molecule has 1 heterocycles. The number of carbonyl (C=O) groups excluding carboxylic acids is 2. The fraction of sp³-hybridized carbons (Fsp3) is 0.412. The first-order valence-corrected chi connectivity index (χ1v) is 7.49. The van der Waals surface area contributed by atoms with E-state index in [2.05, 4.69) is 11.9 Å².